The van der Waals surface area contributed by atoms with Gasteiger partial charge in [0.05, 0.1) is 0 Å². The van der Waals surface area contributed by atoms with Crippen LogP contribution in [-0.2, 0) is 11.3 Å². The lowest BCUT2D eigenvalue weighted by molar-refractivity contribution is 0.135. The normalized spacial score (nSPS) is 12.2. The third-order valence-electron chi connectivity index (χ3n) is 2.59. The Morgan fingerprint density at radius 1 is 1.33 bits per heavy atom. The minimum Gasteiger partial charge on any atom is -0.445 e. The van der Waals surface area contributed by atoms with Gasteiger partial charge >= 0.3 is 6.09 Å². The van der Waals surface area contributed by atoms with Crippen LogP contribution in [0, 0.1) is 0 Å². The first-order valence-electron chi connectivity index (χ1n) is 6.20. The van der Waals surface area contributed by atoms with Gasteiger partial charge in [-0.1, -0.05) is 30.3 Å². The van der Waals surface area contributed by atoms with Gasteiger partial charge in [-0.3, -0.25) is 0 Å². The summed E-state index contributed by atoms with van der Waals surface area (Å²) < 4.78 is 5.14. The molecule has 1 aromatic carbocycles. The molecule has 1 amide bonds. The highest BCUT2D eigenvalue weighted by atomic mass is 16.5. The molecule has 0 radical (unpaired) electrons. The van der Waals surface area contributed by atoms with Crippen molar-refractivity contribution in [3.05, 3.63) is 35.9 Å². The average molecular weight is 250 g/mol. The van der Waals surface area contributed by atoms with E-state index < -0.39 is 0 Å². The van der Waals surface area contributed by atoms with Gasteiger partial charge in [0.2, 0.25) is 0 Å². The number of carbonyl (C=O) groups is 1. The third-order valence-corrected chi connectivity index (χ3v) is 2.59. The first-order chi connectivity index (χ1) is 8.58. The molecule has 0 fully saturated rings. The van der Waals surface area contributed by atoms with Gasteiger partial charge in [0.15, 0.2) is 0 Å². The number of amides is 1. The Bertz CT molecular complexity index is 352. The summed E-state index contributed by atoms with van der Waals surface area (Å²) in [6, 6.07) is 9.78. The molecule has 0 saturated carbocycles. The van der Waals surface area contributed by atoms with E-state index in [0.29, 0.717) is 6.61 Å². The number of benzene rings is 1. The molecule has 0 saturated heterocycles. The maximum Gasteiger partial charge on any atom is 0.407 e. The van der Waals surface area contributed by atoms with E-state index in [4.69, 9.17) is 4.74 Å². The molecule has 0 aliphatic rings. The lowest BCUT2D eigenvalue weighted by atomic mass is 10.2. The molecule has 0 heterocycles. The van der Waals surface area contributed by atoms with Gasteiger partial charge < -0.3 is 15.0 Å². The predicted molar refractivity (Wildman–Crippen MR) is 72.4 cm³/mol. The van der Waals surface area contributed by atoms with Gasteiger partial charge in [0.25, 0.3) is 0 Å². The van der Waals surface area contributed by atoms with Crippen LogP contribution in [0.2, 0.25) is 0 Å². The maximum atomic E-state index is 11.5. The van der Waals surface area contributed by atoms with Crippen LogP contribution in [0.15, 0.2) is 30.3 Å². The molecule has 0 aromatic heterocycles. The number of nitrogens with zero attached hydrogens (tertiary/aromatic N) is 1. The Balaban J connectivity index is 2.21. The summed E-state index contributed by atoms with van der Waals surface area (Å²) in [6.07, 6.45) is 0.554. The monoisotopic (exact) mass is 250 g/mol. The summed E-state index contributed by atoms with van der Waals surface area (Å²) in [6.45, 7) is 3.24. The number of ether oxygens (including phenoxy) is 1. The minimum absolute atomic E-state index is 0.121. The molecule has 100 valence electrons. The first-order valence-corrected chi connectivity index (χ1v) is 6.20. The number of hydrogen-bond acceptors (Lipinski definition) is 3. The van der Waals surface area contributed by atoms with Crippen molar-refractivity contribution in [1.29, 1.82) is 0 Å². The van der Waals surface area contributed by atoms with Crippen molar-refractivity contribution in [2.45, 2.75) is 26.0 Å². The van der Waals surface area contributed by atoms with E-state index in [1.165, 1.54) is 0 Å². The highest BCUT2D eigenvalue weighted by molar-refractivity contribution is 5.67. The summed E-state index contributed by atoms with van der Waals surface area (Å²) >= 11 is 0. The van der Waals surface area contributed by atoms with Crippen LogP contribution >= 0.6 is 0 Å². The smallest absolute Gasteiger partial charge is 0.407 e. The van der Waals surface area contributed by atoms with E-state index in [1.807, 2.05) is 51.4 Å². The summed E-state index contributed by atoms with van der Waals surface area (Å²) in [7, 11) is 4.03. The molecule has 1 atom stereocenters. The summed E-state index contributed by atoms with van der Waals surface area (Å²) in [5.41, 5.74) is 0.994. The van der Waals surface area contributed by atoms with Gasteiger partial charge in [-0.25, -0.2) is 4.79 Å². The fraction of sp³-hybridized carbons (Fsp3) is 0.500. The van der Waals surface area contributed by atoms with E-state index in [9.17, 15) is 4.79 Å². The van der Waals surface area contributed by atoms with Crippen molar-refractivity contribution in [2.75, 3.05) is 20.6 Å². The van der Waals surface area contributed by atoms with Gasteiger partial charge in [0.1, 0.15) is 6.61 Å². The van der Waals surface area contributed by atoms with Crippen molar-refractivity contribution in [2.24, 2.45) is 0 Å². The molecule has 0 aliphatic heterocycles. The molecule has 4 heteroatoms. The zero-order valence-corrected chi connectivity index (χ0v) is 11.3. The minimum atomic E-state index is -0.356. The Hall–Kier alpha value is -1.55. The number of nitrogens with one attached hydrogen (secondary N) is 1. The number of carbonyl (C=O) groups excluding carboxylic acids is 1. The van der Waals surface area contributed by atoms with Gasteiger partial charge in [-0.15, -0.1) is 0 Å². The number of rotatable bonds is 6. The summed E-state index contributed by atoms with van der Waals surface area (Å²) in [4.78, 5) is 13.6. The molecule has 1 N–H and O–H groups in total. The van der Waals surface area contributed by atoms with Crippen molar-refractivity contribution in [1.82, 2.24) is 10.2 Å². The molecule has 0 aliphatic carbocycles. The van der Waals surface area contributed by atoms with Crippen molar-refractivity contribution in [3.8, 4) is 0 Å². The second-order valence-corrected chi connectivity index (χ2v) is 4.70. The van der Waals surface area contributed by atoms with Crippen molar-refractivity contribution >= 4 is 6.09 Å². The second-order valence-electron chi connectivity index (χ2n) is 4.70. The van der Waals surface area contributed by atoms with Crippen LogP contribution in [0.25, 0.3) is 0 Å². The molecular weight excluding hydrogens is 228 g/mol. The van der Waals surface area contributed by atoms with E-state index in [2.05, 4.69) is 10.2 Å². The summed E-state index contributed by atoms with van der Waals surface area (Å²) in [5.74, 6) is 0. The van der Waals surface area contributed by atoms with Crippen molar-refractivity contribution in [3.63, 3.8) is 0 Å². The van der Waals surface area contributed by atoms with E-state index in [0.717, 1.165) is 18.5 Å². The fourth-order valence-electron chi connectivity index (χ4n) is 1.49. The third kappa shape index (κ3) is 6.25. The van der Waals surface area contributed by atoms with Crippen LogP contribution in [0.5, 0.6) is 0 Å². The largest absolute Gasteiger partial charge is 0.445 e. The molecule has 1 unspecified atom stereocenters. The topological polar surface area (TPSA) is 41.6 Å². The average Bonchev–Trinajstić information content (AvgIpc) is 2.35. The Morgan fingerprint density at radius 2 is 2.00 bits per heavy atom. The van der Waals surface area contributed by atoms with Gasteiger partial charge in [-0.05, 0) is 39.5 Å². The standard InChI is InChI=1S/C14H22N2O2/c1-12(9-10-16(2)3)15-14(17)18-11-13-7-5-4-6-8-13/h4-8,12H,9-11H2,1-3H3,(H,15,17). The molecular formula is C14H22N2O2. The first kappa shape index (κ1) is 14.5. The molecule has 0 bridgehead atoms. The highest BCUT2D eigenvalue weighted by Crippen LogP contribution is 2.01. The Kier molecular flexibility index (Phi) is 6.22. The molecule has 18 heavy (non-hydrogen) atoms. The van der Waals surface area contributed by atoms with Crippen LogP contribution in [0.3, 0.4) is 0 Å². The zero-order chi connectivity index (χ0) is 13.4. The number of alkyl carbamates (subject to hydrolysis) is 1. The van der Waals surface area contributed by atoms with Crippen LogP contribution in [0.1, 0.15) is 18.9 Å². The molecule has 0 spiro atoms. The lowest BCUT2D eigenvalue weighted by Gasteiger charge is -2.16. The van der Waals surface area contributed by atoms with Crippen LogP contribution in [-0.4, -0.2) is 37.7 Å². The van der Waals surface area contributed by atoms with E-state index in [-0.39, 0.29) is 12.1 Å². The van der Waals surface area contributed by atoms with Gasteiger partial charge in [0, 0.05) is 6.04 Å². The van der Waals surface area contributed by atoms with Crippen LogP contribution in [0.4, 0.5) is 4.79 Å². The SMILES string of the molecule is CC(CCN(C)C)NC(=O)OCc1ccccc1. The molecule has 4 nitrogen and oxygen atoms in total. The lowest BCUT2D eigenvalue weighted by Crippen LogP contribution is -2.35. The van der Waals surface area contributed by atoms with E-state index in [1.54, 1.807) is 0 Å². The number of hydrogen-bond donors (Lipinski definition) is 1. The Labute approximate surface area is 109 Å². The predicted octanol–water partition coefficient (Wildman–Crippen LogP) is 2.25. The zero-order valence-electron chi connectivity index (χ0n) is 11.3. The van der Waals surface area contributed by atoms with Gasteiger partial charge in [-0.2, -0.15) is 0 Å². The molecule has 1 rings (SSSR count). The highest BCUT2D eigenvalue weighted by Gasteiger charge is 2.08. The second kappa shape index (κ2) is 7.71. The Morgan fingerprint density at radius 3 is 2.61 bits per heavy atom. The molecule has 1 aromatic rings. The quantitative estimate of drug-likeness (QED) is 0.842. The van der Waals surface area contributed by atoms with Crippen LogP contribution < -0.4 is 5.32 Å². The fourth-order valence-corrected chi connectivity index (χ4v) is 1.49. The maximum absolute atomic E-state index is 11.5. The summed E-state index contributed by atoms with van der Waals surface area (Å²) in [5, 5.41) is 2.82. The van der Waals surface area contributed by atoms with Crippen molar-refractivity contribution < 1.29 is 9.53 Å². The van der Waals surface area contributed by atoms with E-state index >= 15 is 0 Å².